The summed E-state index contributed by atoms with van der Waals surface area (Å²) in [5.74, 6) is 0.108. The van der Waals surface area contributed by atoms with E-state index in [1.165, 1.54) is 0 Å². The summed E-state index contributed by atoms with van der Waals surface area (Å²) in [4.78, 5) is 27.9. The Bertz CT molecular complexity index is 528. The molecule has 0 saturated heterocycles. The van der Waals surface area contributed by atoms with Crippen molar-refractivity contribution in [1.82, 2.24) is 4.98 Å². The Kier molecular flexibility index (Phi) is 4.93. The van der Waals surface area contributed by atoms with Gasteiger partial charge in [0.15, 0.2) is 5.82 Å². The van der Waals surface area contributed by atoms with Crippen LogP contribution in [-0.2, 0) is 9.53 Å². The summed E-state index contributed by atoms with van der Waals surface area (Å²) in [6, 6.07) is 3.31. The molecule has 0 fully saturated rings. The lowest BCUT2D eigenvalue weighted by atomic mass is 9.96. The van der Waals surface area contributed by atoms with E-state index in [1.807, 2.05) is 0 Å². The lowest BCUT2D eigenvalue weighted by Gasteiger charge is -2.21. The number of anilines is 2. The first kappa shape index (κ1) is 16.9. The van der Waals surface area contributed by atoms with Crippen LogP contribution in [0.1, 0.15) is 41.5 Å². The van der Waals surface area contributed by atoms with Crippen molar-refractivity contribution in [2.75, 3.05) is 10.6 Å². The van der Waals surface area contributed by atoms with Gasteiger partial charge in [0, 0.05) is 11.6 Å². The average molecular weight is 293 g/mol. The Labute approximate surface area is 125 Å². The number of amides is 2. The van der Waals surface area contributed by atoms with E-state index >= 15 is 0 Å². The fourth-order valence-electron chi connectivity index (χ4n) is 1.31. The highest BCUT2D eigenvalue weighted by Crippen LogP contribution is 2.22. The normalized spacial score (nSPS) is 11.7. The number of carbonyl (C=O) groups is 2. The largest absolute Gasteiger partial charge is 0.444 e. The zero-order chi connectivity index (χ0) is 16.3. The second-order valence-electron chi connectivity index (χ2n) is 6.73. The smallest absolute Gasteiger partial charge is 0.412 e. The SMILES string of the molecule is CC(C)(C)OC(=O)Nc1cccnc1NC(=O)C(C)(C)C. The van der Waals surface area contributed by atoms with Gasteiger partial charge < -0.3 is 10.1 Å². The summed E-state index contributed by atoms with van der Waals surface area (Å²) in [5.41, 5.74) is -0.758. The number of pyridine rings is 1. The minimum atomic E-state index is -0.596. The molecule has 0 bridgehead atoms. The van der Waals surface area contributed by atoms with E-state index in [-0.39, 0.29) is 5.91 Å². The summed E-state index contributed by atoms with van der Waals surface area (Å²) >= 11 is 0. The molecule has 1 aromatic heterocycles. The third-order valence-corrected chi connectivity index (χ3v) is 2.36. The maximum Gasteiger partial charge on any atom is 0.412 e. The van der Waals surface area contributed by atoms with Crippen LogP contribution in [0, 0.1) is 5.41 Å². The third-order valence-electron chi connectivity index (χ3n) is 2.36. The Hall–Kier alpha value is -2.11. The Balaban J connectivity index is 2.85. The van der Waals surface area contributed by atoms with Crippen LogP contribution in [0.2, 0.25) is 0 Å². The number of nitrogens with one attached hydrogen (secondary N) is 2. The molecule has 1 aromatic rings. The molecule has 116 valence electrons. The second kappa shape index (κ2) is 6.11. The number of rotatable bonds is 2. The maximum absolute atomic E-state index is 12.0. The zero-order valence-corrected chi connectivity index (χ0v) is 13.4. The molecular weight excluding hydrogens is 270 g/mol. The molecule has 0 aliphatic heterocycles. The van der Waals surface area contributed by atoms with Crippen LogP contribution in [-0.4, -0.2) is 22.6 Å². The van der Waals surface area contributed by atoms with Gasteiger partial charge in [-0.1, -0.05) is 20.8 Å². The van der Waals surface area contributed by atoms with Crippen molar-refractivity contribution >= 4 is 23.5 Å². The molecule has 21 heavy (non-hydrogen) atoms. The van der Waals surface area contributed by atoms with Crippen molar-refractivity contribution in [1.29, 1.82) is 0 Å². The van der Waals surface area contributed by atoms with Crippen LogP contribution < -0.4 is 10.6 Å². The van der Waals surface area contributed by atoms with E-state index in [4.69, 9.17) is 4.74 Å². The van der Waals surface area contributed by atoms with Gasteiger partial charge in [0.2, 0.25) is 5.91 Å². The Morgan fingerprint density at radius 3 is 2.24 bits per heavy atom. The summed E-state index contributed by atoms with van der Waals surface area (Å²) in [6.45, 7) is 10.7. The van der Waals surface area contributed by atoms with Crippen molar-refractivity contribution < 1.29 is 14.3 Å². The van der Waals surface area contributed by atoms with Gasteiger partial charge in [-0.25, -0.2) is 9.78 Å². The summed E-state index contributed by atoms with van der Waals surface area (Å²) < 4.78 is 5.18. The first-order valence-corrected chi connectivity index (χ1v) is 6.75. The number of hydrogen-bond donors (Lipinski definition) is 2. The number of hydrogen-bond acceptors (Lipinski definition) is 4. The van der Waals surface area contributed by atoms with Crippen molar-refractivity contribution in [3.05, 3.63) is 18.3 Å². The predicted octanol–water partition coefficient (Wildman–Crippen LogP) is 3.41. The van der Waals surface area contributed by atoms with Crippen LogP contribution in [0.15, 0.2) is 18.3 Å². The molecule has 0 atom stereocenters. The minimum absolute atomic E-state index is 0.187. The first-order chi connectivity index (χ1) is 9.49. The number of ether oxygens (including phenoxy) is 1. The van der Waals surface area contributed by atoms with Gasteiger partial charge in [0.1, 0.15) is 5.60 Å². The number of aromatic nitrogens is 1. The molecule has 6 heteroatoms. The van der Waals surface area contributed by atoms with Crippen LogP contribution in [0.5, 0.6) is 0 Å². The van der Waals surface area contributed by atoms with Crippen molar-refractivity contribution in [3.63, 3.8) is 0 Å². The van der Waals surface area contributed by atoms with Crippen LogP contribution in [0.3, 0.4) is 0 Å². The van der Waals surface area contributed by atoms with E-state index in [2.05, 4.69) is 15.6 Å². The van der Waals surface area contributed by atoms with Crippen molar-refractivity contribution in [2.24, 2.45) is 5.41 Å². The van der Waals surface area contributed by atoms with E-state index in [0.717, 1.165) is 0 Å². The summed E-state index contributed by atoms with van der Waals surface area (Å²) in [5, 5.41) is 5.28. The van der Waals surface area contributed by atoms with Gasteiger partial charge in [0.25, 0.3) is 0 Å². The number of nitrogens with zero attached hydrogens (tertiary/aromatic N) is 1. The molecule has 0 aliphatic carbocycles. The van der Waals surface area contributed by atoms with Gasteiger partial charge in [-0.2, -0.15) is 0 Å². The van der Waals surface area contributed by atoms with E-state index < -0.39 is 17.1 Å². The van der Waals surface area contributed by atoms with Gasteiger partial charge in [-0.15, -0.1) is 0 Å². The van der Waals surface area contributed by atoms with Gasteiger partial charge in [-0.05, 0) is 32.9 Å². The molecule has 0 radical (unpaired) electrons. The molecule has 0 saturated carbocycles. The molecule has 0 spiro atoms. The lowest BCUT2D eigenvalue weighted by molar-refractivity contribution is -0.123. The van der Waals surface area contributed by atoms with E-state index in [1.54, 1.807) is 59.9 Å². The standard InChI is InChI=1S/C15H23N3O3/c1-14(2,3)12(19)18-11-10(8-7-9-16-11)17-13(20)21-15(4,5)6/h7-9H,1-6H3,(H,17,20)(H,16,18,19). The molecule has 0 aromatic carbocycles. The summed E-state index contributed by atoms with van der Waals surface area (Å²) in [7, 11) is 0. The monoisotopic (exact) mass is 293 g/mol. The van der Waals surface area contributed by atoms with Crippen molar-refractivity contribution in [3.8, 4) is 0 Å². The highest BCUT2D eigenvalue weighted by molar-refractivity contribution is 5.98. The maximum atomic E-state index is 12.0. The predicted molar refractivity (Wildman–Crippen MR) is 82.2 cm³/mol. The highest BCUT2D eigenvalue weighted by Gasteiger charge is 2.23. The van der Waals surface area contributed by atoms with E-state index in [0.29, 0.717) is 11.5 Å². The Morgan fingerprint density at radius 2 is 1.71 bits per heavy atom. The fraction of sp³-hybridized carbons (Fsp3) is 0.533. The van der Waals surface area contributed by atoms with Crippen LogP contribution in [0.25, 0.3) is 0 Å². The molecule has 6 nitrogen and oxygen atoms in total. The first-order valence-electron chi connectivity index (χ1n) is 6.75. The molecule has 1 rings (SSSR count). The minimum Gasteiger partial charge on any atom is -0.444 e. The molecule has 2 N–H and O–H groups in total. The fourth-order valence-corrected chi connectivity index (χ4v) is 1.31. The Morgan fingerprint density at radius 1 is 1.10 bits per heavy atom. The van der Waals surface area contributed by atoms with Crippen LogP contribution in [0.4, 0.5) is 16.3 Å². The highest BCUT2D eigenvalue weighted by atomic mass is 16.6. The lowest BCUT2D eigenvalue weighted by Crippen LogP contribution is -2.30. The van der Waals surface area contributed by atoms with Gasteiger partial charge in [-0.3, -0.25) is 10.1 Å². The quantitative estimate of drug-likeness (QED) is 0.875. The molecule has 0 unspecified atom stereocenters. The van der Waals surface area contributed by atoms with E-state index in [9.17, 15) is 9.59 Å². The second-order valence-corrected chi connectivity index (χ2v) is 6.73. The summed E-state index contributed by atoms with van der Waals surface area (Å²) in [6.07, 6.45) is 0.945. The van der Waals surface area contributed by atoms with Gasteiger partial charge in [0.05, 0.1) is 5.69 Å². The zero-order valence-electron chi connectivity index (χ0n) is 13.4. The topological polar surface area (TPSA) is 80.3 Å². The van der Waals surface area contributed by atoms with Crippen LogP contribution >= 0.6 is 0 Å². The molecule has 1 heterocycles. The van der Waals surface area contributed by atoms with Gasteiger partial charge >= 0.3 is 6.09 Å². The van der Waals surface area contributed by atoms with Crippen molar-refractivity contribution in [2.45, 2.75) is 47.1 Å². The number of carbonyl (C=O) groups excluding carboxylic acids is 2. The average Bonchev–Trinajstić information content (AvgIpc) is 2.27. The molecule has 0 aliphatic rings. The third kappa shape index (κ3) is 5.81. The molecule has 2 amide bonds. The molecular formula is C15H23N3O3.